The molecule has 0 bridgehead atoms. The highest BCUT2D eigenvalue weighted by atomic mass is 79.9. The summed E-state index contributed by atoms with van der Waals surface area (Å²) in [5.74, 6) is 0.409. The lowest BCUT2D eigenvalue weighted by atomic mass is 9.98. The largest absolute Gasteiger partial charge is 0.460 e. The second kappa shape index (κ2) is 11.9. The van der Waals surface area contributed by atoms with Crippen LogP contribution in [0.4, 0.5) is 0 Å². The van der Waals surface area contributed by atoms with Crippen LogP contribution in [-0.2, 0) is 32.8 Å². The minimum absolute atomic E-state index is 0.0176. The molecule has 0 aliphatic carbocycles. The minimum Gasteiger partial charge on any atom is -0.460 e. The SMILES string of the molecule is CCCN(Cc1ccc2c(C(=O)c3cc(Br)c(C)c(Br)c3)c(CC)oc2c1)S(=O)(=O)c1ccc(S(C)(=O)=O)cc1. The number of aryl methyl sites for hydroxylation is 1. The number of nitrogens with zero attached hydrogens (tertiary/aromatic N) is 1. The summed E-state index contributed by atoms with van der Waals surface area (Å²) in [6.45, 7) is 6.11. The predicted octanol–water partition coefficient (Wildman–Crippen LogP) is 7.06. The fourth-order valence-corrected chi connectivity index (χ4v) is 7.79. The standard InChI is InChI=1S/C29H29Br2NO6S2/c1-5-13-32(40(36,37)22-10-8-21(9-11-22)39(4,34)35)17-19-7-12-23-27(14-19)38-26(6-2)28(23)29(33)20-15-24(30)18(3)25(31)16-20/h7-12,14-16H,5-6,13,17H2,1-4H3. The van der Waals surface area contributed by atoms with Crippen molar-refractivity contribution >= 4 is 68.5 Å². The smallest absolute Gasteiger partial charge is 0.243 e. The molecule has 4 aromatic rings. The van der Waals surface area contributed by atoms with Crippen LogP contribution in [0, 0.1) is 6.92 Å². The number of halogens is 2. The monoisotopic (exact) mass is 709 g/mol. The van der Waals surface area contributed by atoms with Crippen molar-refractivity contribution in [2.75, 3.05) is 12.8 Å². The molecule has 3 aromatic carbocycles. The van der Waals surface area contributed by atoms with Gasteiger partial charge in [-0.3, -0.25) is 4.79 Å². The third-order valence-corrected chi connectivity index (χ3v) is 11.3. The summed E-state index contributed by atoms with van der Waals surface area (Å²) in [5.41, 5.74) is 3.22. The molecule has 0 atom stereocenters. The van der Waals surface area contributed by atoms with Gasteiger partial charge in [-0.15, -0.1) is 0 Å². The number of sulfone groups is 1. The van der Waals surface area contributed by atoms with Gasteiger partial charge in [-0.1, -0.05) is 57.8 Å². The number of ketones is 1. The number of hydrogen-bond donors (Lipinski definition) is 0. The summed E-state index contributed by atoms with van der Waals surface area (Å²) in [6.07, 6.45) is 2.18. The van der Waals surface area contributed by atoms with Crippen LogP contribution in [0.5, 0.6) is 0 Å². The first-order chi connectivity index (χ1) is 18.8. The highest BCUT2D eigenvalue weighted by Gasteiger charge is 2.26. The van der Waals surface area contributed by atoms with E-state index in [2.05, 4.69) is 31.9 Å². The van der Waals surface area contributed by atoms with E-state index in [1.165, 1.54) is 28.6 Å². The summed E-state index contributed by atoms with van der Waals surface area (Å²) in [7, 11) is -7.35. The quantitative estimate of drug-likeness (QED) is 0.163. The highest BCUT2D eigenvalue weighted by molar-refractivity contribution is 9.11. The van der Waals surface area contributed by atoms with Crippen molar-refractivity contribution in [3.63, 3.8) is 0 Å². The first kappa shape index (κ1) is 30.6. The molecule has 0 radical (unpaired) electrons. The molecule has 4 rings (SSSR count). The number of carbonyl (C=O) groups is 1. The summed E-state index contributed by atoms with van der Waals surface area (Å²) < 4.78 is 59.7. The molecule has 11 heteroatoms. The van der Waals surface area contributed by atoms with Crippen LogP contribution >= 0.6 is 31.9 Å². The van der Waals surface area contributed by atoms with E-state index in [1.54, 1.807) is 30.3 Å². The molecule has 0 amide bonds. The molecule has 1 aromatic heterocycles. The Balaban J connectivity index is 1.70. The van der Waals surface area contributed by atoms with Crippen molar-refractivity contribution in [2.24, 2.45) is 0 Å². The van der Waals surface area contributed by atoms with Crippen molar-refractivity contribution in [3.8, 4) is 0 Å². The van der Waals surface area contributed by atoms with Gasteiger partial charge in [0.15, 0.2) is 15.6 Å². The van der Waals surface area contributed by atoms with Crippen LogP contribution in [0.3, 0.4) is 0 Å². The molecule has 212 valence electrons. The van der Waals surface area contributed by atoms with E-state index < -0.39 is 19.9 Å². The summed E-state index contributed by atoms with van der Waals surface area (Å²) in [5, 5.41) is 0.666. The zero-order chi connectivity index (χ0) is 29.4. The molecular formula is C29H29Br2NO6S2. The van der Waals surface area contributed by atoms with Gasteiger partial charge in [0.2, 0.25) is 10.0 Å². The van der Waals surface area contributed by atoms with Gasteiger partial charge in [0.1, 0.15) is 11.3 Å². The third kappa shape index (κ3) is 6.13. The minimum atomic E-state index is -3.90. The van der Waals surface area contributed by atoms with Gasteiger partial charge < -0.3 is 4.42 Å². The normalized spacial score (nSPS) is 12.4. The van der Waals surface area contributed by atoms with Gasteiger partial charge in [-0.25, -0.2) is 16.8 Å². The molecular weight excluding hydrogens is 682 g/mol. The summed E-state index contributed by atoms with van der Waals surface area (Å²) in [6, 6.07) is 14.2. The molecule has 40 heavy (non-hydrogen) atoms. The van der Waals surface area contributed by atoms with E-state index in [9.17, 15) is 21.6 Å². The van der Waals surface area contributed by atoms with E-state index in [4.69, 9.17) is 4.42 Å². The molecule has 0 aliphatic rings. The van der Waals surface area contributed by atoms with Gasteiger partial charge in [-0.2, -0.15) is 4.31 Å². The Hall–Kier alpha value is -2.31. The lowest BCUT2D eigenvalue weighted by Gasteiger charge is -2.22. The predicted molar refractivity (Wildman–Crippen MR) is 163 cm³/mol. The van der Waals surface area contributed by atoms with E-state index in [1.807, 2.05) is 20.8 Å². The van der Waals surface area contributed by atoms with Gasteiger partial charge in [0.05, 0.1) is 15.4 Å². The molecule has 1 heterocycles. The number of rotatable bonds is 10. The highest BCUT2D eigenvalue weighted by Crippen LogP contribution is 2.33. The lowest BCUT2D eigenvalue weighted by molar-refractivity contribution is 0.103. The summed E-state index contributed by atoms with van der Waals surface area (Å²) in [4.78, 5) is 13.7. The fourth-order valence-electron chi connectivity index (χ4n) is 4.45. The molecule has 0 aliphatic heterocycles. The Kier molecular flexibility index (Phi) is 9.11. The molecule has 0 saturated heterocycles. The zero-order valence-corrected chi connectivity index (χ0v) is 27.3. The van der Waals surface area contributed by atoms with Crippen LogP contribution in [0.1, 0.15) is 53.1 Å². The van der Waals surface area contributed by atoms with Gasteiger partial charge in [-0.05, 0) is 66.9 Å². The topological polar surface area (TPSA) is 102 Å². The molecule has 0 spiro atoms. The van der Waals surface area contributed by atoms with Gasteiger partial charge in [0, 0.05) is 45.7 Å². The van der Waals surface area contributed by atoms with Crippen LogP contribution in [-0.4, -0.2) is 39.7 Å². The maximum atomic E-state index is 13.6. The van der Waals surface area contributed by atoms with E-state index in [0.717, 1.165) is 20.8 Å². The Morgan fingerprint density at radius 2 is 1.50 bits per heavy atom. The van der Waals surface area contributed by atoms with Crippen LogP contribution < -0.4 is 0 Å². The Morgan fingerprint density at radius 3 is 2.05 bits per heavy atom. The molecule has 7 nitrogen and oxygen atoms in total. The van der Waals surface area contributed by atoms with Crippen LogP contribution in [0.15, 0.2) is 77.8 Å². The van der Waals surface area contributed by atoms with E-state index in [0.29, 0.717) is 46.3 Å². The van der Waals surface area contributed by atoms with Crippen LogP contribution in [0.25, 0.3) is 11.0 Å². The average molecular weight is 711 g/mol. The number of carbonyl (C=O) groups excluding carboxylic acids is 1. The van der Waals surface area contributed by atoms with E-state index in [-0.39, 0.29) is 28.7 Å². The molecule has 0 unspecified atom stereocenters. The number of sulfonamides is 1. The van der Waals surface area contributed by atoms with Crippen molar-refractivity contribution in [2.45, 2.75) is 49.9 Å². The number of fused-ring (bicyclic) bond motifs is 1. The van der Waals surface area contributed by atoms with E-state index >= 15 is 0 Å². The molecule has 0 saturated carbocycles. The Bertz CT molecular complexity index is 1790. The third-order valence-electron chi connectivity index (χ3n) is 6.64. The Morgan fingerprint density at radius 1 is 0.900 bits per heavy atom. The van der Waals surface area contributed by atoms with Gasteiger partial charge >= 0.3 is 0 Å². The average Bonchev–Trinajstić information content (AvgIpc) is 3.28. The number of furan rings is 1. The van der Waals surface area contributed by atoms with Crippen LogP contribution in [0.2, 0.25) is 0 Å². The van der Waals surface area contributed by atoms with Crippen molar-refractivity contribution in [1.29, 1.82) is 0 Å². The first-order valence-corrected chi connectivity index (χ1v) is 17.5. The lowest BCUT2D eigenvalue weighted by Crippen LogP contribution is -2.31. The summed E-state index contributed by atoms with van der Waals surface area (Å²) >= 11 is 7.04. The second-order valence-electron chi connectivity index (χ2n) is 9.56. The zero-order valence-electron chi connectivity index (χ0n) is 22.5. The molecule has 0 fully saturated rings. The van der Waals surface area contributed by atoms with Crippen molar-refractivity contribution < 1.29 is 26.0 Å². The van der Waals surface area contributed by atoms with Gasteiger partial charge in [0.25, 0.3) is 0 Å². The Labute approximate surface area is 251 Å². The molecule has 0 N–H and O–H groups in total. The maximum Gasteiger partial charge on any atom is 0.243 e. The number of hydrogen-bond acceptors (Lipinski definition) is 6. The number of benzene rings is 3. The van der Waals surface area contributed by atoms with Crippen molar-refractivity contribution in [3.05, 3.63) is 91.6 Å². The second-order valence-corrected chi connectivity index (χ2v) is 15.2. The first-order valence-electron chi connectivity index (χ1n) is 12.6. The van der Waals surface area contributed by atoms with Crippen molar-refractivity contribution in [1.82, 2.24) is 4.31 Å². The maximum absolute atomic E-state index is 13.6. The fraction of sp³-hybridized carbons (Fsp3) is 0.276.